The summed E-state index contributed by atoms with van der Waals surface area (Å²) in [5, 5.41) is 11.6. The van der Waals surface area contributed by atoms with Crippen LogP contribution in [0.2, 0.25) is 0 Å². The van der Waals surface area contributed by atoms with Gasteiger partial charge in [0.05, 0.1) is 18.4 Å². The third kappa shape index (κ3) is 3.67. The molecule has 17 heavy (non-hydrogen) atoms. The van der Waals surface area contributed by atoms with Crippen LogP contribution in [0.3, 0.4) is 0 Å². The average molecular weight is 245 g/mol. The van der Waals surface area contributed by atoms with E-state index in [0.717, 1.165) is 6.42 Å². The first-order valence-corrected chi connectivity index (χ1v) is 5.66. The molecule has 0 radical (unpaired) electrons. The molecule has 1 aliphatic carbocycles. The monoisotopic (exact) mass is 245 g/mol. The number of rotatable bonds is 6. The van der Waals surface area contributed by atoms with Gasteiger partial charge in [-0.05, 0) is 12.8 Å². The van der Waals surface area contributed by atoms with Crippen molar-refractivity contribution in [2.45, 2.75) is 25.6 Å². The maximum atomic E-state index is 11.8. The van der Waals surface area contributed by atoms with Gasteiger partial charge in [0.25, 0.3) is 0 Å². The summed E-state index contributed by atoms with van der Waals surface area (Å²) in [7, 11) is 2.96. The second-order valence-electron chi connectivity index (χ2n) is 4.13. The van der Waals surface area contributed by atoms with Crippen LogP contribution >= 0.6 is 0 Å². The topological polar surface area (TPSA) is 84.9 Å². The number of ether oxygens (including phenoxy) is 2. The molecule has 2 N–H and O–H groups in total. The van der Waals surface area contributed by atoms with E-state index < -0.39 is 24.1 Å². The van der Waals surface area contributed by atoms with Crippen LogP contribution in [0.15, 0.2) is 0 Å². The Balaban J connectivity index is 2.44. The Labute approximate surface area is 100 Å². The van der Waals surface area contributed by atoms with Gasteiger partial charge < -0.3 is 19.9 Å². The molecule has 0 bridgehead atoms. The summed E-state index contributed by atoms with van der Waals surface area (Å²) in [5.74, 6) is -2.10. The lowest BCUT2D eigenvalue weighted by molar-refractivity contribution is -0.146. The average Bonchev–Trinajstić information content (AvgIpc) is 2.79. The number of hydrogen-bond donors (Lipinski definition) is 2. The zero-order valence-electron chi connectivity index (χ0n) is 10.1. The number of carboxylic acids is 1. The van der Waals surface area contributed by atoms with Gasteiger partial charge in [-0.15, -0.1) is 0 Å². The van der Waals surface area contributed by atoms with Crippen LogP contribution in [0.5, 0.6) is 0 Å². The van der Waals surface area contributed by atoms with E-state index in [4.69, 9.17) is 14.6 Å². The van der Waals surface area contributed by atoms with Crippen LogP contribution in [0.1, 0.15) is 19.3 Å². The second-order valence-corrected chi connectivity index (χ2v) is 4.13. The van der Waals surface area contributed by atoms with Crippen LogP contribution < -0.4 is 5.32 Å². The molecule has 1 aliphatic rings. The molecule has 0 aliphatic heterocycles. The highest BCUT2D eigenvalue weighted by atomic mass is 16.7. The molecule has 6 heteroatoms. The van der Waals surface area contributed by atoms with Crippen molar-refractivity contribution in [2.75, 3.05) is 20.8 Å². The minimum absolute atomic E-state index is 0.228. The largest absolute Gasteiger partial charge is 0.481 e. The maximum Gasteiger partial charge on any atom is 0.307 e. The highest BCUT2D eigenvalue weighted by molar-refractivity contribution is 5.85. The SMILES string of the molecule is COC(CNC(=O)[C@@H]1CCC[C@@H]1C(=O)O)OC. The standard InChI is InChI=1S/C11H19NO5/c1-16-9(17-2)6-12-10(13)7-4-3-5-8(7)11(14)15/h7-9H,3-6H2,1-2H3,(H,12,13)(H,14,15)/t7-,8+/m1/s1. The molecule has 98 valence electrons. The molecule has 0 heterocycles. The molecule has 0 aromatic rings. The van der Waals surface area contributed by atoms with E-state index in [1.165, 1.54) is 14.2 Å². The lowest BCUT2D eigenvalue weighted by atomic mass is 9.95. The van der Waals surface area contributed by atoms with Crippen LogP contribution in [-0.4, -0.2) is 44.0 Å². The van der Waals surface area contributed by atoms with Gasteiger partial charge in [0, 0.05) is 14.2 Å². The molecular weight excluding hydrogens is 226 g/mol. The first-order chi connectivity index (χ1) is 8.10. The normalized spacial score (nSPS) is 23.9. The smallest absolute Gasteiger partial charge is 0.307 e. The lowest BCUT2D eigenvalue weighted by Crippen LogP contribution is -2.40. The summed E-state index contributed by atoms with van der Waals surface area (Å²) in [4.78, 5) is 22.7. The summed E-state index contributed by atoms with van der Waals surface area (Å²) < 4.78 is 9.87. The van der Waals surface area contributed by atoms with E-state index >= 15 is 0 Å². The van der Waals surface area contributed by atoms with Crippen molar-refractivity contribution in [1.29, 1.82) is 0 Å². The van der Waals surface area contributed by atoms with Gasteiger partial charge in [0.1, 0.15) is 0 Å². The molecule has 0 aromatic heterocycles. The Morgan fingerprint density at radius 1 is 1.29 bits per heavy atom. The number of aliphatic carboxylic acids is 1. The van der Waals surface area contributed by atoms with Gasteiger partial charge in [-0.2, -0.15) is 0 Å². The summed E-state index contributed by atoms with van der Waals surface area (Å²) in [6, 6.07) is 0. The van der Waals surface area contributed by atoms with E-state index in [0.29, 0.717) is 12.8 Å². The highest BCUT2D eigenvalue weighted by Gasteiger charge is 2.37. The van der Waals surface area contributed by atoms with Crippen molar-refractivity contribution in [1.82, 2.24) is 5.32 Å². The third-order valence-electron chi connectivity index (χ3n) is 3.14. The van der Waals surface area contributed by atoms with Crippen molar-refractivity contribution in [2.24, 2.45) is 11.8 Å². The van der Waals surface area contributed by atoms with Crippen molar-refractivity contribution < 1.29 is 24.2 Å². The number of hydrogen-bond acceptors (Lipinski definition) is 4. The fourth-order valence-electron chi connectivity index (χ4n) is 2.15. The van der Waals surface area contributed by atoms with E-state index in [1.54, 1.807) is 0 Å². The molecular formula is C11H19NO5. The van der Waals surface area contributed by atoms with Crippen LogP contribution in [0, 0.1) is 11.8 Å². The maximum absolute atomic E-state index is 11.8. The molecule has 0 aromatic carbocycles. The van der Waals surface area contributed by atoms with Gasteiger partial charge in [-0.25, -0.2) is 0 Å². The Morgan fingerprint density at radius 2 is 1.88 bits per heavy atom. The third-order valence-corrected chi connectivity index (χ3v) is 3.14. The molecule has 2 atom stereocenters. The van der Waals surface area contributed by atoms with Crippen LogP contribution in [0.25, 0.3) is 0 Å². The predicted molar refractivity (Wildman–Crippen MR) is 59.3 cm³/mol. The summed E-state index contributed by atoms with van der Waals surface area (Å²) in [6.07, 6.45) is 1.50. The minimum atomic E-state index is -0.891. The molecule has 6 nitrogen and oxygen atoms in total. The number of carbonyl (C=O) groups excluding carboxylic acids is 1. The van der Waals surface area contributed by atoms with Crippen molar-refractivity contribution in [3.8, 4) is 0 Å². The zero-order chi connectivity index (χ0) is 12.8. The Kier molecular flexibility index (Phi) is 5.37. The molecule has 0 spiro atoms. The first kappa shape index (κ1) is 13.9. The fraction of sp³-hybridized carbons (Fsp3) is 0.818. The Bertz CT molecular complexity index is 277. The molecule has 1 amide bonds. The first-order valence-electron chi connectivity index (χ1n) is 5.66. The Hall–Kier alpha value is -1.14. The van der Waals surface area contributed by atoms with Gasteiger partial charge in [-0.3, -0.25) is 9.59 Å². The molecule has 1 saturated carbocycles. The number of amides is 1. The van der Waals surface area contributed by atoms with Gasteiger partial charge in [-0.1, -0.05) is 6.42 Å². The van der Waals surface area contributed by atoms with E-state index in [1.807, 2.05) is 0 Å². The fourth-order valence-corrected chi connectivity index (χ4v) is 2.15. The highest BCUT2D eigenvalue weighted by Crippen LogP contribution is 2.31. The quantitative estimate of drug-likeness (QED) is 0.654. The Morgan fingerprint density at radius 3 is 2.41 bits per heavy atom. The number of carbonyl (C=O) groups is 2. The van der Waals surface area contributed by atoms with E-state index in [9.17, 15) is 9.59 Å². The van der Waals surface area contributed by atoms with Gasteiger partial charge in [0.2, 0.25) is 5.91 Å². The summed E-state index contributed by atoms with van der Waals surface area (Å²) in [5.41, 5.74) is 0. The molecule has 1 fully saturated rings. The minimum Gasteiger partial charge on any atom is -0.481 e. The number of nitrogens with one attached hydrogen (secondary N) is 1. The van der Waals surface area contributed by atoms with E-state index in [2.05, 4.69) is 5.32 Å². The van der Waals surface area contributed by atoms with E-state index in [-0.39, 0.29) is 12.5 Å². The van der Waals surface area contributed by atoms with Crippen molar-refractivity contribution in [3.05, 3.63) is 0 Å². The number of methoxy groups -OCH3 is 2. The molecule has 1 rings (SSSR count). The van der Waals surface area contributed by atoms with Gasteiger partial charge in [0.15, 0.2) is 6.29 Å². The summed E-state index contributed by atoms with van der Waals surface area (Å²) >= 11 is 0. The van der Waals surface area contributed by atoms with Crippen LogP contribution in [-0.2, 0) is 19.1 Å². The summed E-state index contributed by atoms with van der Waals surface area (Å²) in [6.45, 7) is 0.231. The molecule has 0 saturated heterocycles. The second kappa shape index (κ2) is 6.56. The van der Waals surface area contributed by atoms with Gasteiger partial charge >= 0.3 is 5.97 Å². The zero-order valence-corrected chi connectivity index (χ0v) is 10.1. The molecule has 0 unspecified atom stereocenters. The van der Waals surface area contributed by atoms with Crippen molar-refractivity contribution >= 4 is 11.9 Å². The number of carboxylic acid groups (broad SMARTS) is 1. The predicted octanol–water partition coefficient (Wildman–Crippen LogP) is 0.222. The van der Waals surface area contributed by atoms with Crippen LogP contribution in [0.4, 0.5) is 0 Å². The van der Waals surface area contributed by atoms with Crippen molar-refractivity contribution in [3.63, 3.8) is 0 Å². The lowest BCUT2D eigenvalue weighted by Gasteiger charge is -2.18.